The zero-order valence-electron chi connectivity index (χ0n) is 7.95. The third kappa shape index (κ3) is 2.04. The molecule has 0 bridgehead atoms. The van der Waals surface area contributed by atoms with E-state index < -0.39 is 0 Å². The molecule has 0 spiro atoms. The monoisotopic (exact) mass is 177 g/mol. The number of nitrogens with one attached hydrogen (secondary N) is 1. The van der Waals surface area contributed by atoms with Crippen molar-refractivity contribution in [2.24, 2.45) is 5.92 Å². The first-order chi connectivity index (χ1) is 6.36. The van der Waals surface area contributed by atoms with E-state index in [1.165, 1.54) is 6.42 Å². The molecular weight excluding hydrogens is 162 g/mol. The smallest absolute Gasteiger partial charge is 0.0619 e. The number of hydrogen-bond acceptors (Lipinski definition) is 3. The molecule has 0 aliphatic carbocycles. The summed E-state index contributed by atoms with van der Waals surface area (Å²) < 4.78 is 0. The van der Waals surface area contributed by atoms with Gasteiger partial charge in [0, 0.05) is 12.4 Å². The summed E-state index contributed by atoms with van der Waals surface area (Å²) in [5, 5.41) is 3.36. The van der Waals surface area contributed by atoms with E-state index in [1.54, 1.807) is 12.4 Å². The predicted molar refractivity (Wildman–Crippen MR) is 51.4 cm³/mol. The second-order valence-electron chi connectivity index (χ2n) is 3.65. The van der Waals surface area contributed by atoms with Crippen molar-refractivity contribution in [1.82, 2.24) is 15.3 Å². The Morgan fingerprint density at radius 2 is 2.31 bits per heavy atom. The van der Waals surface area contributed by atoms with Crippen molar-refractivity contribution in [2.75, 3.05) is 13.1 Å². The Balaban J connectivity index is 2.04. The van der Waals surface area contributed by atoms with Gasteiger partial charge in [-0.3, -0.25) is 9.97 Å². The molecule has 1 aromatic rings. The molecule has 1 aliphatic rings. The zero-order chi connectivity index (χ0) is 9.10. The summed E-state index contributed by atoms with van der Waals surface area (Å²) in [6.45, 7) is 4.32. The van der Waals surface area contributed by atoms with Gasteiger partial charge in [0.05, 0.1) is 11.4 Å². The Labute approximate surface area is 78.6 Å². The van der Waals surface area contributed by atoms with Crippen molar-refractivity contribution in [3.63, 3.8) is 0 Å². The second kappa shape index (κ2) is 3.83. The molecule has 0 amide bonds. The SMILES string of the molecule is Cc1nccnc1CC1CCNC1. The van der Waals surface area contributed by atoms with Crippen LogP contribution in [0.2, 0.25) is 0 Å². The highest BCUT2D eigenvalue weighted by atomic mass is 14.9. The van der Waals surface area contributed by atoms with E-state index in [2.05, 4.69) is 15.3 Å². The number of aryl methyl sites for hydroxylation is 1. The fourth-order valence-corrected chi connectivity index (χ4v) is 1.80. The highest BCUT2D eigenvalue weighted by Crippen LogP contribution is 2.14. The molecule has 70 valence electrons. The van der Waals surface area contributed by atoms with Crippen LogP contribution in [0.5, 0.6) is 0 Å². The fraction of sp³-hybridized carbons (Fsp3) is 0.600. The van der Waals surface area contributed by atoms with Gasteiger partial charge >= 0.3 is 0 Å². The lowest BCUT2D eigenvalue weighted by Gasteiger charge is -2.08. The van der Waals surface area contributed by atoms with Gasteiger partial charge in [0.25, 0.3) is 0 Å². The van der Waals surface area contributed by atoms with Gasteiger partial charge in [0.15, 0.2) is 0 Å². The third-order valence-corrected chi connectivity index (χ3v) is 2.63. The molecule has 0 radical (unpaired) electrons. The molecule has 1 unspecified atom stereocenters. The Kier molecular flexibility index (Phi) is 2.54. The van der Waals surface area contributed by atoms with E-state index in [9.17, 15) is 0 Å². The van der Waals surface area contributed by atoms with Crippen LogP contribution in [-0.4, -0.2) is 23.1 Å². The largest absolute Gasteiger partial charge is 0.316 e. The molecule has 0 saturated carbocycles. The zero-order valence-corrected chi connectivity index (χ0v) is 7.95. The summed E-state index contributed by atoms with van der Waals surface area (Å²) >= 11 is 0. The minimum atomic E-state index is 0.760. The van der Waals surface area contributed by atoms with E-state index in [0.29, 0.717) is 0 Å². The van der Waals surface area contributed by atoms with Crippen molar-refractivity contribution >= 4 is 0 Å². The van der Waals surface area contributed by atoms with Gasteiger partial charge in [0.2, 0.25) is 0 Å². The lowest BCUT2D eigenvalue weighted by atomic mass is 10.0. The van der Waals surface area contributed by atoms with Crippen molar-refractivity contribution < 1.29 is 0 Å². The number of aromatic nitrogens is 2. The maximum atomic E-state index is 4.35. The first kappa shape index (κ1) is 8.63. The summed E-state index contributed by atoms with van der Waals surface area (Å²) in [6.07, 6.45) is 5.89. The number of rotatable bonds is 2. The van der Waals surface area contributed by atoms with Crippen molar-refractivity contribution in [3.8, 4) is 0 Å². The quantitative estimate of drug-likeness (QED) is 0.730. The molecule has 1 aromatic heterocycles. The van der Waals surface area contributed by atoms with E-state index in [4.69, 9.17) is 0 Å². The van der Waals surface area contributed by atoms with Crippen molar-refractivity contribution in [1.29, 1.82) is 0 Å². The molecule has 1 saturated heterocycles. The van der Waals surface area contributed by atoms with Crippen LogP contribution in [0.1, 0.15) is 17.8 Å². The average molecular weight is 177 g/mol. The first-order valence-corrected chi connectivity index (χ1v) is 4.83. The Morgan fingerprint density at radius 3 is 3.00 bits per heavy atom. The fourth-order valence-electron chi connectivity index (χ4n) is 1.80. The van der Waals surface area contributed by atoms with E-state index >= 15 is 0 Å². The van der Waals surface area contributed by atoms with Crippen LogP contribution in [0.15, 0.2) is 12.4 Å². The van der Waals surface area contributed by atoms with Crippen LogP contribution < -0.4 is 5.32 Å². The molecule has 0 aromatic carbocycles. The van der Waals surface area contributed by atoms with Crippen LogP contribution in [0.25, 0.3) is 0 Å². The average Bonchev–Trinajstić information content (AvgIpc) is 2.61. The van der Waals surface area contributed by atoms with Gasteiger partial charge in [-0.15, -0.1) is 0 Å². The Hall–Kier alpha value is -0.960. The number of nitrogens with zero attached hydrogens (tertiary/aromatic N) is 2. The summed E-state index contributed by atoms with van der Waals surface area (Å²) in [6, 6.07) is 0. The lowest BCUT2D eigenvalue weighted by molar-refractivity contribution is 0.567. The van der Waals surface area contributed by atoms with Crippen LogP contribution in [-0.2, 0) is 6.42 Å². The molecule has 3 nitrogen and oxygen atoms in total. The normalized spacial score (nSPS) is 22.1. The maximum Gasteiger partial charge on any atom is 0.0619 e. The lowest BCUT2D eigenvalue weighted by Crippen LogP contribution is -2.12. The summed E-state index contributed by atoms with van der Waals surface area (Å²) in [5.41, 5.74) is 2.24. The second-order valence-corrected chi connectivity index (χ2v) is 3.65. The van der Waals surface area contributed by atoms with Gasteiger partial charge in [0.1, 0.15) is 0 Å². The molecule has 1 atom stereocenters. The summed E-state index contributed by atoms with van der Waals surface area (Å²) in [7, 11) is 0. The number of hydrogen-bond donors (Lipinski definition) is 1. The molecule has 1 aliphatic heterocycles. The van der Waals surface area contributed by atoms with Gasteiger partial charge in [-0.2, -0.15) is 0 Å². The molecule has 2 rings (SSSR count). The molecule has 1 fully saturated rings. The highest BCUT2D eigenvalue weighted by molar-refractivity contribution is 5.09. The van der Waals surface area contributed by atoms with Crippen LogP contribution in [0.3, 0.4) is 0 Å². The maximum absolute atomic E-state index is 4.35. The standard InChI is InChI=1S/C10H15N3/c1-8-10(13-5-4-12-8)6-9-2-3-11-7-9/h4-5,9,11H,2-3,6-7H2,1H3. The summed E-state index contributed by atoms with van der Waals surface area (Å²) in [4.78, 5) is 8.59. The van der Waals surface area contributed by atoms with Crippen molar-refractivity contribution in [3.05, 3.63) is 23.8 Å². The Bertz CT molecular complexity index is 279. The molecule has 3 heteroatoms. The first-order valence-electron chi connectivity index (χ1n) is 4.83. The Morgan fingerprint density at radius 1 is 1.46 bits per heavy atom. The minimum absolute atomic E-state index is 0.760. The van der Waals surface area contributed by atoms with Crippen molar-refractivity contribution in [2.45, 2.75) is 19.8 Å². The van der Waals surface area contributed by atoms with E-state index in [0.717, 1.165) is 36.8 Å². The van der Waals surface area contributed by atoms with Gasteiger partial charge in [-0.1, -0.05) is 0 Å². The van der Waals surface area contributed by atoms with Crippen LogP contribution in [0, 0.1) is 12.8 Å². The van der Waals surface area contributed by atoms with E-state index in [1.807, 2.05) is 6.92 Å². The van der Waals surface area contributed by atoms with Crippen LogP contribution in [0.4, 0.5) is 0 Å². The van der Waals surface area contributed by atoms with Gasteiger partial charge in [-0.05, 0) is 38.8 Å². The molecule has 1 N–H and O–H groups in total. The summed E-state index contributed by atoms with van der Waals surface area (Å²) in [5.74, 6) is 0.760. The predicted octanol–water partition coefficient (Wildman–Crippen LogP) is 0.937. The third-order valence-electron chi connectivity index (χ3n) is 2.63. The molecule has 13 heavy (non-hydrogen) atoms. The minimum Gasteiger partial charge on any atom is -0.316 e. The van der Waals surface area contributed by atoms with Gasteiger partial charge < -0.3 is 5.32 Å². The highest BCUT2D eigenvalue weighted by Gasteiger charge is 2.16. The topological polar surface area (TPSA) is 37.8 Å². The van der Waals surface area contributed by atoms with Crippen LogP contribution >= 0.6 is 0 Å². The molecular formula is C10H15N3. The van der Waals surface area contributed by atoms with Gasteiger partial charge in [-0.25, -0.2) is 0 Å². The molecule has 2 heterocycles. The van der Waals surface area contributed by atoms with E-state index in [-0.39, 0.29) is 0 Å².